The fraction of sp³-hybridized carbons (Fsp3) is 1.00. The Morgan fingerprint density at radius 1 is 0.750 bits per heavy atom. The summed E-state index contributed by atoms with van der Waals surface area (Å²) in [6, 6.07) is 0. The highest BCUT2D eigenvalue weighted by molar-refractivity contribution is 5.01. The zero-order valence-corrected chi connectivity index (χ0v) is 13.8. The molecule has 0 saturated carbocycles. The van der Waals surface area contributed by atoms with Gasteiger partial charge in [-0.15, -0.1) is 0 Å². The van der Waals surface area contributed by atoms with Crippen molar-refractivity contribution in [3.8, 4) is 0 Å². The minimum atomic E-state index is -0.233. The molecule has 0 aromatic heterocycles. The van der Waals surface area contributed by atoms with E-state index >= 15 is 0 Å². The van der Waals surface area contributed by atoms with Gasteiger partial charge in [0.1, 0.15) is 0 Å². The second kappa shape index (κ2) is 7.74. The Bertz CT molecular complexity index is 260. The zero-order valence-electron chi connectivity index (χ0n) is 13.8. The Kier molecular flexibility index (Phi) is 6.92. The van der Waals surface area contributed by atoms with Crippen LogP contribution in [0, 0.1) is 0 Å². The van der Waals surface area contributed by atoms with Gasteiger partial charge in [-0.05, 0) is 79.3 Å². The summed E-state index contributed by atoms with van der Waals surface area (Å²) in [6.45, 7) is 10.1. The maximum absolute atomic E-state index is 6.38. The zero-order chi connectivity index (χ0) is 15.2. The SMILES string of the molecule is CC1OC(C)(CCCCN)C(C)(CCCCN)OC1C. The van der Waals surface area contributed by atoms with E-state index in [1.807, 2.05) is 0 Å². The molecule has 1 heterocycles. The lowest BCUT2D eigenvalue weighted by molar-refractivity contribution is -0.303. The first-order valence-corrected chi connectivity index (χ1v) is 8.14. The van der Waals surface area contributed by atoms with Crippen molar-refractivity contribution in [2.45, 2.75) is 89.6 Å². The second-order valence-corrected chi connectivity index (χ2v) is 6.60. The monoisotopic (exact) mass is 286 g/mol. The molecular formula is C16H34N2O2. The van der Waals surface area contributed by atoms with Gasteiger partial charge in [0.2, 0.25) is 0 Å². The molecule has 0 aliphatic carbocycles. The second-order valence-electron chi connectivity index (χ2n) is 6.60. The van der Waals surface area contributed by atoms with Crippen LogP contribution in [0.25, 0.3) is 0 Å². The average Bonchev–Trinajstić information content (AvgIpc) is 2.37. The molecule has 1 aliphatic heterocycles. The Hall–Kier alpha value is -0.160. The van der Waals surface area contributed by atoms with E-state index in [2.05, 4.69) is 27.7 Å². The third-order valence-electron chi connectivity index (χ3n) is 4.89. The largest absolute Gasteiger partial charge is 0.367 e. The highest BCUT2D eigenvalue weighted by Crippen LogP contribution is 2.43. The first-order valence-electron chi connectivity index (χ1n) is 8.14. The molecule has 4 nitrogen and oxygen atoms in total. The van der Waals surface area contributed by atoms with Crippen LogP contribution in [0.1, 0.15) is 66.2 Å². The lowest BCUT2D eigenvalue weighted by atomic mass is 9.76. The standard InChI is InChI=1S/C16H34N2O2/c1-13-14(2)20-16(4,10-6-8-12-18)15(3,19-13)9-5-7-11-17/h13-14H,5-12,17-18H2,1-4H3. The molecule has 1 saturated heterocycles. The van der Waals surface area contributed by atoms with Gasteiger partial charge in [0.25, 0.3) is 0 Å². The molecule has 0 spiro atoms. The topological polar surface area (TPSA) is 70.5 Å². The predicted molar refractivity (Wildman–Crippen MR) is 83.7 cm³/mol. The van der Waals surface area contributed by atoms with Crippen molar-refractivity contribution in [1.82, 2.24) is 0 Å². The van der Waals surface area contributed by atoms with Crippen molar-refractivity contribution in [3.05, 3.63) is 0 Å². The Morgan fingerprint density at radius 2 is 1.10 bits per heavy atom. The molecule has 1 rings (SSSR count). The van der Waals surface area contributed by atoms with E-state index in [0.29, 0.717) is 0 Å². The van der Waals surface area contributed by atoms with Gasteiger partial charge in [0, 0.05) is 0 Å². The van der Waals surface area contributed by atoms with Gasteiger partial charge in [-0.3, -0.25) is 0 Å². The summed E-state index contributed by atoms with van der Waals surface area (Å²) in [6.07, 6.45) is 6.54. The normalized spacial score (nSPS) is 38.1. The van der Waals surface area contributed by atoms with E-state index in [1.54, 1.807) is 0 Å². The first kappa shape index (κ1) is 17.9. The molecule has 0 aromatic carbocycles. The third kappa shape index (κ3) is 4.17. The Labute approximate surface area is 124 Å². The van der Waals surface area contributed by atoms with Gasteiger partial charge in [0.05, 0.1) is 23.4 Å². The van der Waals surface area contributed by atoms with Crippen LogP contribution >= 0.6 is 0 Å². The van der Waals surface area contributed by atoms with Crippen LogP contribution in [0.15, 0.2) is 0 Å². The molecule has 0 amide bonds. The highest BCUT2D eigenvalue weighted by atomic mass is 16.6. The molecule has 4 heteroatoms. The molecule has 4 atom stereocenters. The van der Waals surface area contributed by atoms with Crippen molar-refractivity contribution < 1.29 is 9.47 Å². The number of unbranched alkanes of at least 4 members (excludes halogenated alkanes) is 2. The minimum Gasteiger partial charge on any atom is -0.367 e. The minimum absolute atomic E-state index is 0.139. The van der Waals surface area contributed by atoms with Crippen molar-refractivity contribution in [1.29, 1.82) is 0 Å². The third-order valence-corrected chi connectivity index (χ3v) is 4.89. The van der Waals surface area contributed by atoms with Crippen LogP contribution in [0.2, 0.25) is 0 Å². The number of rotatable bonds is 8. The van der Waals surface area contributed by atoms with E-state index in [-0.39, 0.29) is 23.4 Å². The molecule has 0 aromatic rings. The van der Waals surface area contributed by atoms with Gasteiger partial charge >= 0.3 is 0 Å². The molecule has 4 N–H and O–H groups in total. The molecule has 1 fully saturated rings. The first-order chi connectivity index (χ1) is 9.38. The van der Waals surface area contributed by atoms with E-state index in [4.69, 9.17) is 20.9 Å². The van der Waals surface area contributed by atoms with Crippen LogP contribution in [-0.4, -0.2) is 36.5 Å². The molecule has 0 radical (unpaired) electrons. The van der Waals surface area contributed by atoms with Crippen LogP contribution < -0.4 is 11.5 Å². The van der Waals surface area contributed by atoms with Crippen molar-refractivity contribution >= 4 is 0 Å². The lowest BCUT2D eigenvalue weighted by Gasteiger charge is -2.54. The van der Waals surface area contributed by atoms with Gasteiger partial charge in [-0.25, -0.2) is 0 Å². The number of hydrogen-bond donors (Lipinski definition) is 2. The lowest BCUT2D eigenvalue weighted by Crippen LogP contribution is -2.62. The number of ether oxygens (including phenoxy) is 2. The van der Waals surface area contributed by atoms with E-state index in [1.165, 1.54) is 0 Å². The fourth-order valence-corrected chi connectivity index (χ4v) is 3.12. The van der Waals surface area contributed by atoms with E-state index in [0.717, 1.165) is 51.6 Å². The molecule has 120 valence electrons. The van der Waals surface area contributed by atoms with Crippen LogP contribution in [0.3, 0.4) is 0 Å². The predicted octanol–water partition coefficient (Wildman–Crippen LogP) is 2.59. The molecule has 0 bridgehead atoms. The molecule has 4 unspecified atom stereocenters. The molecule has 1 aliphatic rings. The smallest absolute Gasteiger partial charge is 0.0945 e. The van der Waals surface area contributed by atoms with Gasteiger partial charge in [0.15, 0.2) is 0 Å². The van der Waals surface area contributed by atoms with Crippen LogP contribution in [0.4, 0.5) is 0 Å². The summed E-state index contributed by atoms with van der Waals surface area (Å²) in [7, 11) is 0. The van der Waals surface area contributed by atoms with Gasteiger partial charge in [-0.1, -0.05) is 0 Å². The summed E-state index contributed by atoms with van der Waals surface area (Å²) >= 11 is 0. The van der Waals surface area contributed by atoms with Crippen LogP contribution in [0.5, 0.6) is 0 Å². The highest BCUT2D eigenvalue weighted by Gasteiger charge is 2.51. The van der Waals surface area contributed by atoms with Gasteiger partial charge < -0.3 is 20.9 Å². The summed E-state index contributed by atoms with van der Waals surface area (Å²) < 4.78 is 12.8. The van der Waals surface area contributed by atoms with Gasteiger partial charge in [-0.2, -0.15) is 0 Å². The Balaban J connectivity index is 2.76. The van der Waals surface area contributed by atoms with E-state index < -0.39 is 0 Å². The maximum Gasteiger partial charge on any atom is 0.0945 e. The Morgan fingerprint density at radius 3 is 1.40 bits per heavy atom. The quantitative estimate of drug-likeness (QED) is 0.673. The van der Waals surface area contributed by atoms with Crippen molar-refractivity contribution in [3.63, 3.8) is 0 Å². The number of hydrogen-bond acceptors (Lipinski definition) is 4. The maximum atomic E-state index is 6.38. The van der Waals surface area contributed by atoms with Crippen molar-refractivity contribution in [2.75, 3.05) is 13.1 Å². The van der Waals surface area contributed by atoms with Crippen molar-refractivity contribution in [2.24, 2.45) is 11.5 Å². The molecule has 20 heavy (non-hydrogen) atoms. The fourth-order valence-electron chi connectivity index (χ4n) is 3.12. The van der Waals surface area contributed by atoms with Crippen LogP contribution in [-0.2, 0) is 9.47 Å². The summed E-state index contributed by atoms with van der Waals surface area (Å²) in [5.74, 6) is 0. The summed E-state index contributed by atoms with van der Waals surface area (Å²) in [5, 5.41) is 0. The average molecular weight is 286 g/mol. The summed E-state index contributed by atoms with van der Waals surface area (Å²) in [4.78, 5) is 0. The number of nitrogens with two attached hydrogens (primary N) is 2. The summed E-state index contributed by atoms with van der Waals surface area (Å²) in [5.41, 5.74) is 10.8. The molecular weight excluding hydrogens is 252 g/mol. The van der Waals surface area contributed by atoms with E-state index in [9.17, 15) is 0 Å².